The van der Waals surface area contributed by atoms with Crippen LogP contribution >= 0.6 is 11.3 Å². The van der Waals surface area contributed by atoms with Crippen molar-refractivity contribution in [3.63, 3.8) is 0 Å². The van der Waals surface area contributed by atoms with Gasteiger partial charge >= 0.3 is 0 Å². The van der Waals surface area contributed by atoms with Gasteiger partial charge in [-0.1, -0.05) is 18.2 Å². The Hall–Kier alpha value is -3.05. The normalized spacial score (nSPS) is 14.2. The van der Waals surface area contributed by atoms with Crippen molar-refractivity contribution in [3.05, 3.63) is 62.8 Å². The summed E-state index contributed by atoms with van der Waals surface area (Å²) in [5, 5.41) is 12.5. The number of hydrogen-bond acceptors (Lipinski definition) is 5. The second kappa shape index (κ2) is 8.13. The smallest absolute Gasteiger partial charge is 0.262 e. The lowest BCUT2D eigenvalue weighted by molar-refractivity contribution is -0.121. The zero-order valence-corrected chi connectivity index (χ0v) is 16.5. The first-order chi connectivity index (χ1) is 14.1. The third kappa shape index (κ3) is 3.78. The molecule has 0 bridgehead atoms. The number of halogens is 1. The molecule has 1 unspecified atom stereocenters. The van der Waals surface area contributed by atoms with Crippen molar-refractivity contribution in [1.82, 2.24) is 14.9 Å². The van der Waals surface area contributed by atoms with Crippen LogP contribution in [-0.4, -0.2) is 15.5 Å². The van der Waals surface area contributed by atoms with Crippen molar-refractivity contribution < 1.29 is 9.18 Å². The van der Waals surface area contributed by atoms with Gasteiger partial charge in [0.25, 0.3) is 5.56 Å². The van der Waals surface area contributed by atoms with Gasteiger partial charge in [-0.2, -0.15) is 5.26 Å². The first-order valence-corrected chi connectivity index (χ1v) is 10.3. The van der Waals surface area contributed by atoms with E-state index in [1.807, 2.05) is 6.07 Å². The summed E-state index contributed by atoms with van der Waals surface area (Å²) >= 11 is 1.58. The van der Waals surface area contributed by atoms with Crippen LogP contribution in [0, 0.1) is 17.1 Å². The van der Waals surface area contributed by atoms with Crippen LogP contribution in [0.15, 0.2) is 35.4 Å². The molecule has 1 aromatic carbocycles. The number of aromatic nitrogens is 2. The van der Waals surface area contributed by atoms with Gasteiger partial charge in [-0.3, -0.25) is 14.2 Å². The van der Waals surface area contributed by atoms with E-state index in [9.17, 15) is 19.2 Å². The molecular formula is C21H19FN4O2S. The number of carbonyl (C=O) groups is 1. The maximum atomic E-state index is 13.9. The molecule has 29 heavy (non-hydrogen) atoms. The first kappa shape index (κ1) is 19.3. The number of amides is 1. The molecule has 1 atom stereocenters. The Balaban J connectivity index is 1.49. The van der Waals surface area contributed by atoms with Gasteiger partial charge < -0.3 is 5.32 Å². The Morgan fingerprint density at radius 1 is 1.34 bits per heavy atom. The molecule has 1 aliphatic carbocycles. The van der Waals surface area contributed by atoms with E-state index in [0.717, 1.165) is 36.1 Å². The number of thiophene rings is 1. The molecule has 3 aromatic rings. The van der Waals surface area contributed by atoms with Crippen molar-refractivity contribution in [2.24, 2.45) is 0 Å². The number of carbonyl (C=O) groups excluding carboxylic acids is 1. The summed E-state index contributed by atoms with van der Waals surface area (Å²) in [4.78, 5) is 31.6. The lowest BCUT2D eigenvalue weighted by atomic mass is 9.97. The third-order valence-corrected chi connectivity index (χ3v) is 6.37. The highest BCUT2D eigenvalue weighted by Crippen LogP contribution is 2.33. The molecule has 0 radical (unpaired) electrons. The number of nitriles is 1. The average molecular weight is 410 g/mol. The molecule has 0 fully saturated rings. The number of nitrogens with one attached hydrogen (secondary N) is 1. The molecule has 148 valence electrons. The number of fused-ring (bicyclic) bond motifs is 3. The van der Waals surface area contributed by atoms with Gasteiger partial charge in [-0.15, -0.1) is 11.3 Å². The van der Waals surface area contributed by atoms with E-state index >= 15 is 0 Å². The molecule has 0 saturated carbocycles. The maximum absolute atomic E-state index is 13.9. The molecule has 1 aliphatic rings. The largest absolute Gasteiger partial charge is 0.336 e. The Bertz CT molecular complexity index is 1180. The number of nitrogens with zero attached hydrogens (tertiary/aromatic N) is 3. The summed E-state index contributed by atoms with van der Waals surface area (Å²) in [6.45, 7) is 0.146. The predicted octanol–water partition coefficient (Wildman–Crippen LogP) is 3.25. The summed E-state index contributed by atoms with van der Waals surface area (Å²) in [5.74, 6) is -0.980. The van der Waals surface area contributed by atoms with Gasteiger partial charge in [0.1, 0.15) is 16.7 Å². The molecule has 2 heterocycles. The minimum atomic E-state index is -1.08. The highest BCUT2D eigenvalue weighted by molar-refractivity contribution is 7.18. The lowest BCUT2D eigenvalue weighted by Crippen LogP contribution is -2.30. The molecule has 2 aromatic heterocycles. The molecule has 0 saturated heterocycles. The van der Waals surface area contributed by atoms with Crippen molar-refractivity contribution in [2.45, 2.75) is 44.7 Å². The van der Waals surface area contributed by atoms with Crippen LogP contribution < -0.4 is 10.9 Å². The SMILES string of the molecule is N#CC(NC(=O)CCn1cnc2sc3c(c2c1=O)CCCC3)c1ccccc1F. The minimum absolute atomic E-state index is 0.00788. The van der Waals surface area contributed by atoms with E-state index in [2.05, 4.69) is 10.3 Å². The van der Waals surface area contributed by atoms with Crippen LogP contribution in [0.3, 0.4) is 0 Å². The molecule has 0 aliphatic heterocycles. The lowest BCUT2D eigenvalue weighted by Gasteiger charge is -2.13. The highest BCUT2D eigenvalue weighted by atomic mass is 32.1. The maximum Gasteiger partial charge on any atom is 0.262 e. The minimum Gasteiger partial charge on any atom is -0.336 e. The fraction of sp³-hybridized carbons (Fsp3) is 0.333. The Morgan fingerprint density at radius 2 is 2.14 bits per heavy atom. The van der Waals surface area contributed by atoms with Crippen LogP contribution in [0.25, 0.3) is 10.2 Å². The molecule has 6 nitrogen and oxygen atoms in total. The van der Waals surface area contributed by atoms with E-state index in [4.69, 9.17) is 0 Å². The summed E-state index contributed by atoms with van der Waals surface area (Å²) in [5.41, 5.74) is 1.10. The fourth-order valence-corrected chi connectivity index (χ4v) is 4.90. The topological polar surface area (TPSA) is 87.8 Å². The molecule has 4 rings (SSSR count). The Kier molecular flexibility index (Phi) is 5.41. The van der Waals surface area contributed by atoms with Gasteiger partial charge in [-0.05, 0) is 37.3 Å². The zero-order valence-electron chi connectivity index (χ0n) is 15.7. The van der Waals surface area contributed by atoms with E-state index in [-0.39, 0.29) is 24.1 Å². The summed E-state index contributed by atoms with van der Waals surface area (Å²) in [7, 11) is 0. The molecule has 1 N–H and O–H groups in total. The number of rotatable bonds is 5. The van der Waals surface area contributed by atoms with E-state index in [1.165, 1.54) is 34.0 Å². The number of hydrogen-bond donors (Lipinski definition) is 1. The Morgan fingerprint density at radius 3 is 2.93 bits per heavy atom. The summed E-state index contributed by atoms with van der Waals surface area (Å²) < 4.78 is 15.3. The Labute approximate surface area is 170 Å². The fourth-order valence-electron chi connectivity index (χ4n) is 3.68. The summed E-state index contributed by atoms with van der Waals surface area (Å²) in [6, 6.07) is 6.66. The summed E-state index contributed by atoms with van der Waals surface area (Å²) in [6.07, 6.45) is 5.55. The van der Waals surface area contributed by atoms with Crippen molar-refractivity contribution in [2.75, 3.05) is 0 Å². The van der Waals surface area contributed by atoms with E-state index in [0.29, 0.717) is 5.39 Å². The second-order valence-corrected chi connectivity index (χ2v) is 8.12. The van der Waals surface area contributed by atoms with Crippen LogP contribution in [0.5, 0.6) is 0 Å². The van der Waals surface area contributed by atoms with Gasteiger partial charge in [0.05, 0.1) is 17.8 Å². The van der Waals surface area contributed by atoms with Crippen LogP contribution in [-0.2, 0) is 24.2 Å². The number of benzene rings is 1. The van der Waals surface area contributed by atoms with E-state index in [1.54, 1.807) is 17.4 Å². The van der Waals surface area contributed by atoms with E-state index < -0.39 is 17.8 Å². The van der Waals surface area contributed by atoms with Gasteiger partial charge in [0.15, 0.2) is 0 Å². The van der Waals surface area contributed by atoms with Crippen LogP contribution in [0.4, 0.5) is 4.39 Å². The second-order valence-electron chi connectivity index (χ2n) is 7.04. The predicted molar refractivity (Wildman–Crippen MR) is 108 cm³/mol. The monoisotopic (exact) mass is 410 g/mol. The first-order valence-electron chi connectivity index (χ1n) is 9.51. The van der Waals surface area contributed by atoms with Crippen molar-refractivity contribution in [1.29, 1.82) is 5.26 Å². The van der Waals surface area contributed by atoms with Crippen molar-refractivity contribution >= 4 is 27.5 Å². The van der Waals surface area contributed by atoms with Gasteiger partial charge in [0.2, 0.25) is 5.91 Å². The molecule has 0 spiro atoms. The van der Waals surface area contributed by atoms with Crippen LogP contribution in [0.1, 0.15) is 41.3 Å². The average Bonchev–Trinajstić information content (AvgIpc) is 3.11. The number of aryl methyl sites for hydroxylation is 3. The molecule has 1 amide bonds. The third-order valence-electron chi connectivity index (χ3n) is 5.17. The zero-order chi connectivity index (χ0) is 20.4. The quantitative estimate of drug-likeness (QED) is 0.699. The molecular weight excluding hydrogens is 391 g/mol. The molecule has 8 heteroatoms. The van der Waals surface area contributed by atoms with Gasteiger partial charge in [-0.25, -0.2) is 9.37 Å². The highest BCUT2D eigenvalue weighted by Gasteiger charge is 2.21. The van der Waals surface area contributed by atoms with Gasteiger partial charge in [0, 0.05) is 23.4 Å². The van der Waals surface area contributed by atoms with Crippen LogP contribution in [0.2, 0.25) is 0 Å². The standard InChI is InChI=1S/C21H19FN4O2S/c22-15-7-3-1-5-13(15)16(11-23)25-18(27)9-10-26-12-24-20-19(21(26)28)14-6-2-4-8-17(14)29-20/h1,3,5,7,12,16H,2,4,6,8-10H2,(H,25,27). The van der Waals surface area contributed by atoms with Crippen molar-refractivity contribution in [3.8, 4) is 6.07 Å².